The molecule has 0 fully saturated rings. The fourth-order valence-electron chi connectivity index (χ4n) is 3.48. The summed E-state index contributed by atoms with van der Waals surface area (Å²) in [5.41, 5.74) is -1.25. The number of hydrogen-bond donors (Lipinski definition) is 2. The maximum atomic E-state index is 13.0. The largest absolute Gasteiger partial charge is 0.464 e. The zero-order valence-corrected chi connectivity index (χ0v) is 19.3. The number of rotatable bonds is 10. The van der Waals surface area contributed by atoms with Crippen LogP contribution in [0.5, 0.6) is 0 Å². The Morgan fingerprint density at radius 3 is 1.97 bits per heavy atom. The monoisotopic (exact) mass is 460 g/mol. The number of hydrogen-bond acceptors (Lipinski definition) is 8. The van der Waals surface area contributed by atoms with Crippen LogP contribution in [0.4, 0.5) is 0 Å². The molecule has 1 amide bonds. The van der Waals surface area contributed by atoms with Gasteiger partial charge in [0.05, 0.1) is 19.8 Å². The number of ether oxygens (including phenoxy) is 3. The Bertz CT molecular complexity index is 1070. The van der Waals surface area contributed by atoms with E-state index >= 15 is 0 Å². The number of Topliss-reactive ketones (excluding diaryl/α,β-unsaturated/α-hetero) is 1. The quantitative estimate of drug-likeness (QED) is 0.238. The van der Waals surface area contributed by atoms with Gasteiger partial charge in [0.1, 0.15) is 5.69 Å². The lowest BCUT2D eigenvalue weighted by Crippen LogP contribution is -2.62. The first kappa shape index (κ1) is 25.6. The summed E-state index contributed by atoms with van der Waals surface area (Å²) in [6, 6.07) is 4.73. The number of ketones is 1. The summed E-state index contributed by atoms with van der Waals surface area (Å²) in [4.78, 5) is 65.7. The number of esters is 3. The molecule has 0 radical (unpaired) electrons. The summed E-state index contributed by atoms with van der Waals surface area (Å²) < 4.78 is 15.4. The van der Waals surface area contributed by atoms with Gasteiger partial charge in [-0.05, 0) is 51.5 Å². The van der Waals surface area contributed by atoms with Crippen LogP contribution in [-0.4, -0.2) is 59.9 Å². The number of fused-ring (bicyclic) bond motifs is 1. The minimum Gasteiger partial charge on any atom is -0.464 e. The van der Waals surface area contributed by atoms with Crippen molar-refractivity contribution in [2.24, 2.45) is 0 Å². The van der Waals surface area contributed by atoms with Gasteiger partial charge in [0.15, 0.2) is 5.78 Å². The third-order valence-corrected chi connectivity index (χ3v) is 4.87. The third kappa shape index (κ3) is 5.39. The van der Waals surface area contributed by atoms with E-state index < -0.39 is 35.8 Å². The minimum atomic E-state index is -2.26. The van der Waals surface area contributed by atoms with Crippen molar-refractivity contribution in [3.63, 3.8) is 0 Å². The van der Waals surface area contributed by atoms with Gasteiger partial charge in [0.25, 0.3) is 0 Å². The predicted octanol–water partition coefficient (Wildman–Crippen LogP) is 2.09. The molecule has 1 aromatic carbocycles. The second-order valence-electron chi connectivity index (χ2n) is 7.22. The van der Waals surface area contributed by atoms with Gasteiger partial charge in [-0.25, -0.2) is 14.4 Å². The molecule has 2 N–H and O–H groups in total. The summed E-state index contributed by atoms with van der Waals surface area (Å²) >= 11 is 0. The van der Waals surface area contributed by atoms with Crippen LogP contribution in [0.2, 0.25) is 0 Å². The van der Waals surface area contributed by atoms with Crippen LogP contribution >= 0.6 is 0 Å². The van der Waals surface area contributed by atoms with Crippen molar-refractivity contribution in [3.8, 4) is 0 Å². The molecule has 10 nitrogen and oxygen atoms in total. The van der Waals surface area contributed by atoms with Gasteiger partial charge in [-0.2, -0.15) is 0 Å². The topological polar surface area (TPSA) is 141 Å². The lowest BCUT2D eigenvalue weighted by Gasteiger charge is -2.30. The standard InChI is InChI=1S/C23H28N2O8/c1-6-31-20(28)19-17(16-11-15(13(4)26)9-10-18(16)24-19)12-23(25-14(5)27,21(29)32-7-2)22(30)33-8-3/h9-11,24H,6-8,12H2,1-5H3,(H,25,27). The van der Waals surface area contributed by atoms with E-state index in [4.69, 9.17) is 14.2 Å². The van der Waals surface area contributed by atoms with Crippen LogP contribution < -0.4 is 5.32 Å². The molecule has 10 heteroatoms. The van der Waals surface area contributed by atoms with Gasteiger partial charge >= 0.3 is 17.9 Å². The highest BCUT2D eigenvalue weighted by Crippen LogP contribution is 2.30. The molecular weight excluding hydrogens is 432 g/mol. The first-order valence-electron chi connectivity index (χ1n) is 10.6. The highest BCUT2D eigenvalue weighted by molar-refractivity contribution is 6.10. The average Bonchev–Trinajstić information content (AvgIpc) is 3.10. The number of amides is 1. The Morgan fingerprint density at radius 2 is 1.48 bits per heavy atom. The Kier molecular flexibility index (Phi) is 8.33. The Labute approximate surface area is 190 Å². The van der Waals surface area contributed by atoms with E-state index in [1.54, 1.807) is 39.0 Å². The minimum absolute atomic E-state index is 0.0177. The van der Waals surface area contributed by atoms with E-state index in [-0.39, 0.29) is 36.9 Å². The van der Waals surface area contributed by atoms with Gasteiger partial charge in [0, 0.05) is 29.8 Å². The zero-order valence-electron chi connectivity index (χ0n) is 19.3. The summed E-state index contributed by atoms with van der Waals surface area (Å²) in [6.45, 7) is 7.22. The first-order chi connectivity index (χ1) is 15.6. The van der Waals surface area contributed by atoms with Crippen LogP contribution in [0.15, 0.2) is 18.2 Å². The number of aromatic amines is 1. The van der Waals surface area contributed by atoms with Crippen LogP contribution in [0.1, 0.15) is 61.0 Å². The normalized spacial score (nSPS) is 11.1. The van der Waals surface area contributed by atoms with Crippen molar-refractivity contribution in [1.29, 1.82) is 0 Å². The molecule has 0 aliphatic heterocycles. The second kappa shape index (κ2) is 10.8. The first-order valence-corrected chi connectivity index (χ1v) is 10.6. The molecule has 0 aliphatic carbocycles. The molecule has 0 unspecified atom stereocenters. The molecular formula is C23H28N2O8. The maximum Gasteiger partial charge on any atom is 0.355 e. The fraction of sp³-hybridized carbons (Fsp3) is 0.435. The highest BCUT2D eigenvalue weighted by Gasteiger charge is 2.51. The van der Waals surface area contributed by atoms with Crippen molar-refractivity contribution in [2.75, 3.05) is 19.8 Å². The summed E-state index contributed by atoms with van der Waals surface area (Å²) in [7, 11) is 0. The van der Waals surface area contributed by atoms with E-state index in [0.717, 1.165) is 6.92 Å². The molecule has 1 aromatic heterocycles. The smallest absolute Gasteiger partial charge is 0.355 e. The summed E-state index contributed by atoms with van der Waals surface area (Å²) in [6.07, 6.45) is -0.472. The number of nitrogens with one attached hydrogen (secondary N) is 2. The van der Waals surface area contributed by atoms with Crippen molar-refractivity contribution in [1.82, 2.24) is 10.3 Å². The van der Waals surface area contributed by atoms with Crippen molar-refractivity contribution >= 4 is 40.5 Å². The Hall–Kier alpha value is -3.69. The number of carbonyl (C=O) groups is 5. The van der Waals surface area contributed by atoms with Gasteiger partial charge in [-0.3, -0.25) is 9.59 Å². The molecule has 2 aromatic rings. The summed E-state index contributed by atoms with van der Waals surface area (Å²) in [5, 5.41) is 2.79. The molecule has 0 saturated heterocycles. The Morgan fingerprint density at radius 1 is 0.909 bits per heavy atom. The van der Waals surface area contributed by atoms with E-state index in [2.05, 4.69) is 10.3 Å². The van der Waals surface area contributed by atoms with Crippen LogP contribution in [0.25, 0.3) is 10.9 Å². The molecule has 0 bridgehead atoms. The molecule has 1 heterocycles. The second-order valence-corrected chi connectivity index (χ2v) is 7.22. The SMILES string of the molecule is CCOC(=O)c1[nH]c2ccc(C(C)=O)cc2c1CC(NC(C)=O)(C(=O)OCC)C(=O)OCC. The number of benzene rings is 1. The van der Waals surface area contributed by atoms with Crippen molar-refractivity contribution in [2.45, 2.75) is 46.6 Å². The van der Waals surface area contributed by atoms with Crippen LogP contribution in [-0.2, 0) is 35.0 Å². The number of carbonyl (C=O) groups excluding carboxylic acids is 5. The van der Waals surface area contributed by atoms with Crippen molar-refractivity contribution < 1.29 is 38.2 Å². The molecule has 2 rings (SSSR count). The van der Waals surface area contributed by atoms with E-state index in [0.29, 0.717) is 16.5 Å². The summed E-state index contributed by atoms with van der Waals surface area (Å²) in [5.74, 6) is -3.70. The molecule has 178 valence electrons. The van der Waals surface area contributed by atoms with Gasteiger partial charge in [-0.1, -0.05) is 0 Å². The fourth-order valence-corrected chi connectivity index (χ4v) is 3.48. The maximum absolute atomic E-state index is 13.0. The zero-order chi connectivity index (χ0) is 24.8. The van der Waals surface area contributed by atoms with Gasteiger partial charge < -0.3 is 24.5 Å². The average molecular weight is 460 g/mol. The van der Waals surface area contributed by atoms with Crippen LogP contribution in [0.3, 0.4) is 0 Å². The van der Waals surface area contributed by atoms with Crippen LogP contribution in [0, 0.1) is 0 Å². The third-order valence-electron chi connectivity index (χ3n) is 4.87. The number of aromatic nitrogens is 1. The number of H-pyrrole nitrogens is 1. The Balaban J connectivity index is 2.83. The molecule has 33 heavy (non-hydrogen) atoms. The molecule has 0 aliphatic rings. The van der Waals surface area contributed by atoms with Crippen molar-refractivity contribution in [3.05, 3.63) is 35.0 Å². The molecule has 0 saturated carbocycles. The lowest BCUT2D eigenvalue weighted by molar-refractivity contribution is -0.168. The molecule has 0 atom stereocenters. The van der Waals surface area contributed by atoms with Gasteiger partial charge in [0.2, 0.25) is 11.4 Å². The van der Waals surface area contributed by atoms with E-state index in [9.17, 15) is 24.0 Å². The lowest BCUT2D eigenvalue weighted by atomic mass is 9.88. The van der Waals surface area contributed by atoms with E-state index in [1.165, 1.54) is 6.92 Å². The molecule has 0 spiro atoms. The van der Waals surface area contributed by atoms with E-state index in [1.807, 2.05) is 0 Å². The highest BCUT2D eigenvalue weighted by atomic mass is 16.6. The van der Waals surface area contributed by atoms with Gasteiger partial charge in [-0.15, -0.1) is 0 Å². The predicted molar refractivity (Wildman–Crippen MR) is 118 cm³/mol.